The average molecular weight is 205 g/mol. The van der Waals surface area contributed by atoms with E-state index in [4.69, 9.17) is 14.3 Å². The van der Waals surface area contributed by atoms with Crippen molar-refractivity contribution in [2.24, 2.45) is 0 Å². The second-order valence-electron chi connectivity index (χ2n) is 3.06. The SMILES string of the molecule is CCOP(=O)(CC)OC(C)(C)C#N. The van der Waals surface area contributed by atoms with E-state index in [1.807, 2.05) is 6.07 Å². The Kier molecular flexibility index (Phi) is 4.63. The van der Waals surface area contributed by atoms with Gasteiger partial charge in [-0.15, -0.1) is 0 Å². The van der Waals surface area contributed by atoms with Crippen LogP contribution in [0.25, 0.3) is 0 Å². The van der Waals surface area contributed by atoms with Crippen molar-refractivity contribution in [2.75, 3.05) is 12.8 Å². The van der Waals surface area contributed by atoms with Crippen LogP contribution < -0.4 is 0 Å². The summed E-state index contributed by atoms with van der Waals surface area (Å²) in [6.07, 6.45) is 0.284. The number of hydrogen-bond acceptors (Lipinski definition) is 4. The van der Waals surface area contributed by atoms with Crippen LogP contribution >= 0.6 is 7.60 Å². The fraction of sp³-hybridized carbons (Fsp3) is 0.875. The molecule has 13 heavy (non-hydrogen) atoms. The van der Waals surface area contributed by atoms with Crippen LogP contribution in [0.4, 0.5) is 0 Å². The molecule has 0 bridgehead atoms. The fourth-order valence-corrected chi connectivity index (χ4v) is 2.24. The lowest BCUT2D eigenvalue weighted by Crippen LogP contribution is -2.21. The highest BCUT2D eigenvalue weighted by atomic mass is 31.2. The van der Waals surface area contributed by atoms with Crippen molar-refractivity contribution in [1.29, 1.82) is 5.26 Å². The molecule has 1 unspecified atom stereocenters. The van der Waals surface area contributed by atoms with Crippen molar-refractivity contribution < 1.29 is 13.6 Å². The van der Waals surface area contributed by atoms with Crippen LogP contribution in [0.1, 0.15) is 27.7 Å². The van der Waals surface area contributed by atoms with Crippen LogP contribution in [0.15, 0.2) is 0 Å². The third-order valence-electron chi connectivity index (χ3n) is 1.35. The lowest BCUT2D eigenvalue weighted by atomic mass is 10.2. The van der Waals surface area contributed by atoms with Gasteiger partial charge in [-0.05, 0) is 20.8 Å². The maximum atomic E-state index is 11.8. The smallest absolute Gasteiger partial charge is 0.309 e. The molecule has 0 spiro atoms. The first-order valence-corrected chi connectivity index (χ1v) is 5.97. The Labute approximate surface area is 79.4 Å². The normalized spacial score (nSPS) is 16.2. The molecule has 1 atom stereocenters. The molecule has 0 rings (SSSR count). The highest BCUT2D eigenvalue weighted by molar-refractivity contribution is 7.53. The minimum absolute atomic E-state index is 0.284. The molecular formula is C8H16NO3P. The molecule has 0 saturated carbocycles. The lowest BCUT2D eigenvalue weighted by Gasteiger charge is -2.23. The van der Waals surface area contributed by atoms with Crippen LogP contribution in [0, 0.1) is 11.3 Å². The molecule has 0 aromatic carbocycles. The van der Waals surface area contributed by atoms with Crippen LogP contribution in [-0.4, -0.2) is 18.4 Å². The Balaban J connectivity index is 4.47. The predicted molar refractivity (Wildman–Crippen MR) is 50.6 cm³/mol. The third kappa shape index (κ3) is 4.42. The van der Waals surface area contributed by atoms with Gasteiger partial charge in [0.25, 0.3) is 0 Å². The van der Waals surface area contributed by atoms with E-state index in [0.29, 0.717) is 6.61 Å². The molecule has 0 radical (unpaired) electrons. The Bertz CT molecular complexity index is 244. The molecule has 0 N–H and O–H groups in total. The molecule has 0 aliphatic carbocycles. The first kappa shape index (κ1) is 12.6. The largest absolute Gasteiger partial charge is 0.331 e. The van der Waals surface area contributed by atoms with Crippen molar-refractivity contribution in [3.05, 3.63) is 0 Å². The van der Waals surface area contributed by atoms with Crippen molar-refractivity contribution in [3.8, 4) is 6.07 Å². The number of hydrogen-bond donors (Lipinski definition) is 0. The second kappa shape index (κ2) is 4.76. The van der Waals surface area contributed by atoms with Gasteiger partial charge >= 0.3 is 7.60 Å². The first-order chi connectivity index (χ1) is 5.89. The summed E-state index contributed by atoms with van der Waals surface area (Å²) >= 11 is 0. The van der Waals surface area contributed by atoms with Crippen molar-refractivity contribution in [3.63, 3.8) is 0 Å². The molecule has 0 heterocycles. The van der Waals surface area contributed by atoms with Crippen molar-refractivity contribution >= 4 is 7.60 Å². The standard InChI is InChI=1S/C8H16NO3P/c1-5-11-13(10,6-2)12-8(3,4)7-9/h5-6H2,1-4H3. The molecular weight excluding hydrogens is 189 g/mol. The predicted octanol–water partition coefficient (Wildman–Crippen LogP) is 2.55. The van der Waals surface area contributed by atoms with Crippen LogP contribution in [0.2, 0.25) is 0 Å². The zero-order valence-electron chi connectivity index (χ0n) is 8.53. The van der Waals surface area contributed by atoms with Gasteiger partial charge in [0.15, 0.2) is 5.60 Å². The van der Waals surface area contributed by atoms with E-state index in [-0.39, 0.29) is 6.16 Å². The molecule has 0 aliphatic rings. The Hall–Kier alpha value is -0.360. The molecule has 0 aromatic heterocycles. The van der Waals surface area contributed by atoms with Gasteiger partial charge in [0.2, 0.25) is 0 Å². The van der Waals surface area contributed by atoms with Gasteiger partial charge in [0, 0.05) is 6.16 Å². The summed E-state index contributed by atoms with van der Waals surface area (Å²) < 4.78 is 21.9. The maximum absolute atomic E-state index is 11.8. The Morgan fingerprint density at radius 2 is 2.00 bits per heavy atom. The minimum Gasteiger partial charge on any atom is -0.309 e. The summed E-state index contributed by atoms with van der Waals surface area (Å²) in [5.74, 6) is 0. The second-order valence-corrected chi connectivity index (χ2v) is 5.35. The number of nitriles is 1. The van der Waals surface area contributed by atoms with E-state index in [0.717, 1.165) is 0 Å². The molecule has 5 heteroatoms. The van der Waals surface area contributed by atoms with E-state index < -0.39 is 13.2 Å². The van der Waals surface area contributed by atoms with Crippen molar-refractivity contribution in [2.45, 2.75) is 33.3 Å². The van der Waals surface area contributed by atoms with Gasteiger partial charge < -0.3 is 4.52 Å². The van der Waals surface area contributed by atoms with E-state index in [2.05, 4.69) is 0 Å². The average Bonchev–Trinajstić information content (AvgIpc) is 2.04. The lowest BCUT2D eigenvalue weighted by molar-refractivity contribution is 0.126. The third-order valence-corrected chi connectivity index (χ3v) is 3.51. The summed E-state index contributed by atoms with van der Waals surface area (Å²) in [7, 11) is -3.06. The molecule has 0 fully saturated rings. The molecule has 0 saturated heterocycles. The zero-order chi connectivity index (χ0) is 10.5. The molecule has 0 aliphatic heterocycles. The summed E-state index contributed by atoms with van der Waals surface area (Å²) in [5, 5.41) is 8.67. The van der Waals surface area contributed by atoms with Gasteiger partial charge in [-0.2, -0.15) is 5.26 Å². The summed E-state index contributed by atoms with van der Waals surface area (Å²) in [5.41, 5.74) is -1.05. The van der Waals surface area contributed by atoms with E-state index in [1.54, 1.807) is 27.7 Å². The van der Waals surface area contributed by atoms with Gasteiger partial charge in [-0.3, -0.25) is 9.09 Å². The summed E-state index contributed by atoms with van der Waals surface area (Å²) in [6, 6.07) is 1.92. The van der Waals surface area contributed by atoms with E-state index >= 15 is 0 Å². The first-order valence-electron chi connectivity index (χ1n) is 4.24. The molecule has 0 aromatic rings. The maximum Gasteiger partial charge on any atom is 0.331 e. The summed E-state index contributed by atoms with van der Waals surface area (Å²) in [6.45, 7) is 6.91. The van der Waals surface area contributed by atoms with Gasteiger partial charge in [-0.1, -0.05) is 6.92 Å². The number of rotatable bonds is 5. The monoisotopic (exact) mass is 205 g/mol. The number of nitrogens with zero attached hydrogens (tertiary/aromatic N) is 1. The fourth-order valence-electron chi connectivity index (χ4n) is 0.747. The van der Waals surface area contributed by atoms with Crippen LogP contribution in [-0.2, 0) is 13.6 Å². The highest BCUT2D eigenvalue weighted by Gasteiger charge is 2.31. The van der Waals surface area contributed by atoms with Crippen LogP contribution in [0.3, 0.4) is 0 Å². The highest BCUT2D eigenvalue weighted by Crippen LogP contribution is 2.50. The molecule has 76 valence electrons. The van der Waals surface area contributed by atoms with Gasteiger partial charge in [0.05, 0.1) is 12.7 Å². The topological polar surface area (TPSA) is 59.3 Å². The van der Waals surface area contributed by atoms with Crippen LogP contribution in [0.5, 0.6) is 0 Å². The zero-order valence-corrected chi connectivity index (χ0v) is 9.43. The quantitative estimate of drug-likeness (QED) is 0.647. The van der Waals surface area contributed by atoms with E-state index in [1.165, 1.54) is 0 Å². The Morgan fingerprint density at radius 1 is 1.46 bits per heavy atom. The van der Waals surface area contributed by atoms with Gasteiger partial charge in [0.1, 0.15) is 0 Å². The molecule has 0 amide bonds. The molecule has 4 nitrogen and oxygen atoms in total. The van der Waals surface area contributed by atoms with E-state index in [9.17, 15) is 4.57 Å². The van der Waals surface area contributed by atoms with Gasteiger partial charge in [-0.25, -0.2) is 0 Å². The Morgan fingerprint density at radius 3 is 2.31 bits per heavy atom. The van der Waals surface area contributed by atoms with Crippen molar-refractivity contribution in [1.82, 2.24) is 0 Å². The minimum atomic E-state index is -3.06. The summed E-state index contributed by atoms with van der Waals surface area (Å²) in [4.78, 5) is 0.